The number of rotatable bonds is 5. The first-order chi connectivity index (χ1) is 8.81. The normalized spacial score (nSPS) is 10.6. The Morgan fingerprint density at radius 2 is 2.11 bits per heavy atom. The molecule has 0 saturated carbocycles. The number of nitrogens with one attached hydrogen (secondary N) is 1. The summed E-state index contributed by atoms with van der Waals surface area (Å²) in [4.78, 5) is 5.48. The lowest BCUT2D eigenvalue weighted by Gasteiger charge is -2.11. The van der Waals surface area contributed by atoms with Gasteiger partial charge in [0.2, 0.25) is 0 Å². The van der Waals surface area contributed by atoms with Crippen LogP contribution in [0.25, 0.3) is 0 Å². The Hall–Kier alpha value is -1.03. The maximum Gasteiger partial charge on any atom is 0.101 e. The van der Waals surface area contributed by atoms with Gasteiger partial charge in [0.05, 0.1) is 0 Å². The number of aromatic nitrogens is 1. The van der Waals surface area contributed by atoms with E-state index in [0.717, 1.165) is 33.6 Å². The first-order valence-corrected chi connectivity index (χ1v) is 7.07. The SMILES string of the molecule is CCNCc1c(Cl)cccc1Sc1ccccn1. The Morgan fingerprint density at radius 1 is 1.22 bits per heavy atom. The fourth-order valence-corrected chi connectivity index (χ4v) is 2.81. The number of hydrogen-bond acceptors (Lipinski definition) is 3. The van der Waals surface area contributed by atoms with Crippen molar-refractivity contribution in [2.24, 2.45) is 0 Å². The number of hydrogen-bond donors (Lipinski definition) is 1. The molecule has 0 unspecified atom stereocenters. The van der Waals surface area contributed by atoms with Crippen molar-refractivity contribution in [3.8, 4) is 0 Å². The minimum atomic E-state index is 0.783. The fraction of sp³-hybridized carbons (Fsp3) is 0.214. The second kappa shape index (κ2) is 6.78. The van der Waals surface area contributed by atoms with Crippen LogP contribution in [0.1, 0.15) is 12.5 Å². The van der Waals surface area contributed by atoms with Crippen LogP contribution < -0.4 is 5.32 Å². The van der Waals surface area contributed by atoms with Crippen LogP contribution in [0.5, 0.6) is 0 Å². The van der Waals surface area contributed by atoms with Gasteiger partial charge in [-0.1, -0.05) is 42.4 Å². The van der Waals surface area contributed by atoms with Gasteiger partial charge in [-0.05, 0) is 36.4 Å². The predicted molar refractivity (Wildman–Crippen MR) is 77.2 cm³/mol. The van der Waals surface area contributed by atoms with Crippen LogP contribution in [0.2, 0.25) is 5.02 Å². The quantitative estimate of drug-likeness (QED) is 0.895. The van der Waals surface area contributed by atoms with E-state index in [2.05, 4.69) is 23.3 Å². The van der Waals surface area contributed by atoms with Crippen molar-refractivity contribution in [3.63, 3.8) is 0 Å². The largest absolute Gasteiger partial charge is 0.313 e. The van der Waals surface area contributed by atoms with Crippen molar-refractivity contribution in [2.45, 2.75) is 23.4 Å². The fourth-order valence-electron chi connectivity index (χ4n) is 1.58. The Kier molecular flexibility index (Phi) is 5.05. The Labute approximate surface area is 117 Å². The van der Waals surface area contributed by atoms with E-state index in [1.54, 1.807) is 18.0 Å². The lowest BCUT2D eigenvalue weighted by Crippen LogP contribution is -2.12. The van der Waals surface area contributed by atoms with Crippen LogP contribution in [0.3, 0.4) is 0 Å². The third-order valence-corrected chi connectivity index (χ3v) is 3.89. The molecule has 0 aliphatic heterocycles. The van der Waals surface area contributed by atoms with Crippen LogP contribution in [0.4, 0.5) is 0 Å². The summed E-state index contributed by atoms with van der Waals surface area (Å²) >= 11 is 7.90. The molecule has 2 aromatic rings. The topological polar surface area (TPSA) is 24.9 Å². The average molecular weight is 279 g/mol. The van der Waals surface area contributed by atoms with E-state index in [1.165, 1.54) is 0 Å². The van der Waals surface area contributed by atoms with Crippen molar-refractivity contribution in [2.75, 3.05) is 6.54 Å². The molecule has 2 rings (SSSR count). The summed E-state index contributed by atoms with van der Waals surface area (Å²) in [5.41, 5.74) is 1.14. The summed E-state index contributed by atoms with van der Waals surface area (Å²) in [6.07, 6.45) is 1.80. The standard InChI is InChI=1S/C14H15ClN2S/c1-2-16-10-11-12(15)6-5-7-13(11)18-14-8-3-4-9-17-14/h3-9,16H,2,10H2,1H3. The average Bonchev–Trinajstić information content (AvgIpc) is 2.39. The zero-order valence-electron chi connectivity index (χ0n) is 10.2. The highest BCUT2D eigenvalue weighted by Gasteiger charge is 2.08. The molecule has 1 aromatic heterocycles. The number of pyridine rings is 1. The van der Waals surface area contributed by atoms with Gasteiger partial charge in [0.1, 0.15) is 5.03 Å². The molecule has 0 amide bonds. The van der Waals surface area contributed by atoms with Crippen LogP contribution in [0, 0.1) is 0 Å². The highest BCUT2D eigenvalue weighted by molar-refractivity contribution is 7.99. The smallest absolute Gasteiger partial charge is 0.101 e. The highest BCUT2D eigenvalue weighted by Crippen LogP contribution is 2.32. The zero-order valence-corrected chi connectivity index (χ0v) is 11.8. The van der Waals surface area contributed by atoms with E-state index < -0.39 is 0 Å². The van der Waals surface area contributed by atoms with Crippen LogP contribution >= 0.6 is 23.4 Å². The van der Waals surface area contributed by atoms with E-state index in [-0.39, 0.29) is 0 Å². The monoisotopic (exact) mass is 278 g/mol. The van der Waals surface area contributed by atoms with Crippen molar-refractivity contribution in [1.82, 2.24) is 10.3 Å². The maximum atomic E-state index is 6.26. The number of benzene rings is 1. The molecular formula is C14H15ClN2S. The lowest BCUT2D eigenvalue weighted by atomic mass is 10.2. The van der Waals surface area contributed by atoms with E-state index in [9.17, 15) is 0 Å². The summed E-state index contributed by atoms with van der Waals surface area (Å²) in [7, 11) is 0. The molecule has 0 bridgehead atoms. The van der Waals surface area contributed by atoms with Gasteiger partial charge >= 0.3 is 0 Å². The maximum absolute atomic E-state index is 6.26. The number of nitrogens with zero attached hydrogens (tertiary/aromatic N) is 1. The summed E-state index contributed by atoms with van der Waals surface area (Å²) in [5, 5.41) is 5.10. The van der Waals surface area contributed by atoms with E-state index in [0.29, 0.717) is 0 Å². The third-order valence-electron chi connectivity index (χ3n) is 2.48. The molecule has 0 atom stereocenters. The summed E-state index contributed by atoms with van der Waals surface area (Å²) < 4.78 is 0. The molecule has 0 saturated heterocycles. The van der Waals surface area contributed by atoms with Crippen molar-refractivity contribution in [1.29, 1.82) is 0 Å². The molecule has 0 fully saturated rings. The minimum Gasteiger partial charge on any atom is -0.313 e. The molecule has 0 aliphatic rings. The molecule has 0 radical (unpaired) electrons. The summed E-state index contributed by atoms with van der Waals surface area (Å²) in [6.45, 7) is 3.80. The van der Waals surface area contributed by atoms with Crippen molar-refractivity contribution < 1.29 is 0 Å². The molecule has 94 valence electrons. The van der Waals surface area contributed by atoms with Crippen molar-refractivity contribution >= 4 is 23.4 Å². The van der Waals surface area contributed by atoms with Gasteiger partial charge in [-0.25, -0.2) is 4.98 Å². The number of halogens is 1. The minimum absolute atomic E-state index is 0.783. The molecule has 0 aliphatic carbocycles. The van der Waals surface area contributed by atoms with Crippen LogP contribution in [-0.4, -0.2) is 11.5 Å². The van der Waals surface area contributed by atoms with E-state index >= 15 is 0 Å². The molecule has 1 heterocycles. The Bertz CT molecular complexity index is 502. The van der Waals surface area contributed by atoms with Crippen LogP contribution in [0.15, 0.2) is 52.5 Å². The first kappa shape index (κ1) is 13.4. The second-order valence-corrected chi connectivity index (χ2v) is 5.24. The molecule has 18 heavy (non-hydrogen) atoms. The summed E-state index contributed by atoms with van der Waals surface area (Å²) in [6, 6.07) is 11.9. The Morgan fingerprint density at radius 3 is 2.83 bits per heavy atom. The van der Waals surface area contributed by atoms with Gasteiger partial charge in [-0.3, -0.25) is 0 Å². The second-order valence-electron chi connectivity index (χ2n) is 3.77. The molecule has 4 heteroatoms. The van der Waals surface area contributed by atoms with Gasteiger partial charge in [-0.15, -0.1) is 0 Å². The van der Waals surface area contributed by atoms with Crippen molar-refractivity contribution in [3.05, 3.63) is 53.2 Å². The first-order valence-electron chi connectivity index (χ1n) is 5.88. The van der Waals surface area contributed by atoms with E-state index in [1.807, 2.05) is 30.3 Å². The molecule has 0 spiro atoms. The third kappa shape index (κ3) is 3.48. The van der Waals surface area contributed by atoms with Gasteiger partial charge in [-0.2, -0.15) is 0 Å². The van der Waals surface area contributed by atoms with Gasteiger partial charge in [0.25, 0.3) is 0 Å². The highest BCUT2D eigenvalue weighted by atomic mass is 35.5. The molecular weight excluding hydrogens is 264 g/mol. The van der Waals surface area contributed by atoms with Gasteiger partial charge < -0.3 is 5.32 Å². The molecule has 1 N–H and O–H groups in total. The zero-order chi connectivity index (χ0) is 12.8. The Balaban J connectivity index is 2.24. The molecule has 2 nitrogen and oxygen atoms in total. The molecule has 1 aromatic carbocycles. The van der Waals surface area contributed by atoms with Gasteiger partial charge in [0, 0.05) is 22.7 Å². The van der Waals surface area contributed by atoms with Crippen LogP contribution in [-0.2, 0) is 6.54 Å². The predicted octanol–water partition coefficient (Wildman–Crippen LogP) is 4.00. The summed E-state index contributed by atoms with van der Waals surface area (Å²) in [5.74, 6) is 0. The lowest BCUT2D eigenvalue weighted by molar-refractivity contribution is 0.718. The van der Waals surface area contributed by atoms with Gasteiger partial charge in [0.15, 0.2) is 0 Å². The van der Waals surface area contributed by atoms with E-state index in [4.69, 9.17) is 11.6 Å².